The molecule has 0 radical (unpaired) electrons. The maximum atomic E-state index is 14.7. The van der Waals surface area contributed by atoms with Gasteiger partial charge in [0.15, 0.2) is 0 Å². The summed E-state index contributed by atoms with van der Waals surface area (Å²) in [6.45, 7) is 10.9. The normalized spacial score (nSPS) is 12.9. The van der Waals surface area contributed by atoms with Gasteiger partial charge >= 0.3 is 6.09 Å². The number of nitrogens with zero attached hydrogens (tertiary/aromatic N) is 1. The van der Waals surface area contributed by atoms with E-state index in [4.69, 9.17) is 9.47 Å². The molecule has 0 fully saturated rings. The zero-order valence-electron chi connectivity index (χ0n) is 26.0. The van der Waals surface area contributed by atoms with Gasteiger partial charge in [-0.25, -0.2) is 4.79 Å². The highest BCUT2D eigenvalue weighted by Gasteiger charge is 2.43. The average Bonchev–Trinajstić information content (AvgIpc) is 2.95. The summed E-state index contributed by atoms with van der Waals surface area (Å²) >= 11 is 0. The molecule has 0 spiro atoms. The van der Waals surface area contributed by atoms with Crippen LogP contribution in [0.15, 0.2) is 78.9 Å². The van der Waals surface area contributed by atoms with Crippen LogP contribution in [-0.2, 0) is 20.7 Å². The largest absolute Gasteiger partial charge is 0.508 e. The van der Waals surface area contributed by atoms with Crippen molar-refractivity contribution in [1.82, 2.24) is 10.2 Å². The number of carbonyl (C=O) groups is 3. The predicted molar refractivity (Wildman–Crippen MR) is 167 cm³/mol. The van der Waals surface area contributed by atoms with Crippen molar-refractivity contribution in [3.8, 4) is 11.5 Å². The van der Waals surface area contributed by atoms with Crippen LogP contribution in [0.5, 0.6) is 11.5 Å². The number of aromatic hydroxyl groups is 1. The van der Waals surface area contributed by atoms with E-state index in [0.717, 1.165) is 5.56 Å². The molecule has 3 rings (SSSR count). The van der Waals surface area contributed by atoms with E-state index in [1.165, 1.54) is 17.0 Å². The zero-order chi connectivity index (χ0) is 31.8. The molecule has 0 heterocycles. The van der Waals surface area contributed by atoms with Crippen molar-refractivity contribution >= 4 is 23.6 Å². The molecular weight excluding hydrogens is 546 g/mol. The number of methoxy groups -OCH3 is 1. The highest BCUT2D eigenvalue weighted by molar-refractivity contribution is 5.99. The summed E-state index contributed by atoms with van der Waals surface area (Å²) in [5.41, 5.74) is 0.231. The number of phenolic OH excluding ortho intramolecular Hbond substituents is 1. The number of hydrogen-bond donors (Lipinski definition) is 3. The summed E-state index contributed by atoms with van der Waals surface area (Å²) in [6.07, 6.45) is -0.0504. The molecule has 3 aromatic rings. The molecule has 43 heavy (non-hydrogen) atoms. The molecule has 9 heteroatoms. The molecule has 0 aromatic heterocycles. The lowest BCUT2D eigenvalue weighted by Gasteiger charge is -2.44. The Morgan fingerprint density at radius 2 is 1.49 bits per heavy atom. The number of rotatable bonds is 11. The number of nitrogens with one attached hydrogen (secondary N) is 2. The molecule has 0 bridgehead atoms. The third-order valence-corrected chi connectivity index (χ3v) is 7.10. The lowest BCUT2D eigenvalue weighted by molar-refractivity contribution is -0.147. The number of carbonyl (C=O) groups excluding carboxylic acids is 3. The van der Waals surface area contributed by atoms with Gasteiger partial charge in [0.1, 0.15) is 29.2 Å². The Hall–Kier alpha value is -4.53. The number of benzene rings is 3. The second-order valence-electron chi connectivity index (χ2n) is 12.0. The number of ether oxygens (including phenoxy) is 2. The maximum absolute atomic E-state index is 14.7. The van der Waals surface area contributed by atoms with E-state index in [9.17, 15) is 19.5 Å². The summed E-state index contributed by atoms with van der Waals surface area (Å²) in [5, 5.41) is 15.7. The van der Waals surface area contributed by atoms with E-state index in [1.807, 2.05) is 51.1 Å². The van der Waals surface area contributed by atoms with Crippen LogP contribution in [0.3, 0.4) is 0 Å². The van der Waals surface area contributed by atoms with Gasteiger partial charge in [-0.05, 0) is 88.6 Å². The lowest BCUT2D eigenvalue weighted by atomic mass is 9.91. The Labute approximate surface area is 254 Å². The quantitative estimate of drug-likeness (QED) is 0.244. The zero-order valence-corrected chi connectivity index (χ0v) is 26.0. The monoisotopic (exact) mass is 589 g/mol. The Morgan fingerprint density at radius 3 is 2.02 bits per heavy atom. The van der Waals surface area contributed by atoms with E-state index < -0.39 is 41.1 Å². The fraction of sp³-hybridized carbons (Fsp3) is 0.382. The minimum atomic E-state index is -1.11. The molecule has 3 N–H and O–H groups in total. The number of amides is 3. The van der Waals surface area contributed by atoms with Crippen LogP contribution in [0.1, 0.15) is 65.1 Å². The number of phenols is 1. The van der Waals surface area contributed by atoms with Crippen molar-refractivity contribution in [3.63, 3.8) is 0 Å². The van der Waals surface area contributed by atoms with E-state index in [-0.39, 0.29) is 12.2 Å². The molecule has 230 valence electrons. The van der Waals surface area contributed by atoms with Crippen LogP contribution in [0.4, 0.5) is 10.5 Å². The third kappa shape index (κ3) is 9.23. The van der Waals surface area contributed by atoms with Crippen LogP contribution in [0, 0.1) is 0 Å². The second-order valence-corrected chi connectivity index (χ2v) is 12.0. The molecule has 0 saturated carbocycles. The molecule has 3 amide bonds. The fourth-order valence-corrected chi connectivity index (χ4v) is 4.57. The minimum absolute atomic E-state index is 0.0271. The first kappa shape index (κ1) is 33.0. The highest BCUT2D eigenvalue weighted by atomic mass is 16.6. The van der Waals surface area contributed by atoms with Crippen molar-refractivity contribution in [3.05, 3.63) is 90.0 Å². The van der Waals surface area contributed by atoms with Crippen LogP contribution in [0.2, 0.25) is 0 Å². The molecule has 0 aliphatic heterocycles. The van der Waals surface area contributed by atoms with Crippen molar-refractivity contribution in [2.24, 2.45) is 0 Å². The summed E-state index contributed by atoms with van der Waals surface area (Å²) in [5.74, 6) is -0.251. The van der Waals surface area contributed by atoms with Gasteiger partial charge in [0.25, 0.3) is 5.91 Å². The highest BCUT2D eigenvalue weighted by Crippen LogP contribution is 2.34. The van der Waals surface area contributed by atoms with Crippen molar-refractivity contribution in [2.75, 3.05) is 12.4 Å². The summed E-state index contributed by atoms with van der Waals surface area (Å²) in [4.78, 5) is 43.3. The molecule has 2 atom stereocenters. The summed E-state index contributed by atoms with van der Waals surface area (Å²) < 4.78 is 10.7. The van der Waals surface area contributed by atoms with Crippen LogP contribution >= 0.6 is 0 Å². The van der Waals surface area contributed by atoms with E-state index in [0.29, 0.717) is 23.4 Å². The summed E-state index contributed by atoms with van der Waals surface area (Å²) in [7, 11) is 1.56. The molecule has 9 nitrogen and oxygen atoms in total. The van der Waals surface area contributed by atoms with Crippen LogP contribution in [0.25, 0.3) is 0 Å². The SMILES string of the molecule is CCC(C)(C)N(C(=O)C(Cc1ccccc1)NC(=O)OC(C)(C)C)C(C(=O)Nc1ccc(OC)cc1)c1ccc(O)cc1. The van der Waals surface area contributed by atoms with E-state index >= 15 is 0 Å². The van der Waals surface area contributed by atoms with Gasteiger partial charge in [-0.1, -0.05) is 49.4 Å². The molecular formula is C34H43N3O6. The van der Waals surface area contributed by atoms with Gasteiger partial charge < -0.3 is 30.1 Å². The van der Waals surface area contributed by atoms with Gasteiger partial charge in [-0.15, -0.1) is 0 Å². The van der Waals surface area contributed by atoms with Crippen molar-refractivity contribution in [1.29, 1.82) is 0 Å². The average molecular weight is 590 g/mol. The third-order valence-electron chi connectivity index (χ3n) is 7.10. The number of anilines is 1. The fourth-order valence-electron chi connectivity index (χ4n) is 4.57. The first-order valence-electron chi connectivity index (χ1n) is 14.3. The smallest absolute Gasteiger partial charge is 0.408 e. The number of hydrogen-bond acceptors (Lipinski definition) is 6. The minimum Gasteiger partial charge on any atom is -0.508 e. The van der Waals surface area contributed by atoms with E-state index in [2.05, 4.69) is 10.6 Å². The van der Waals surface area contributed by atoms with Gasteiger partial charge in [-0.2, -0.15) is 0 Å². The van der Waals surface area contributed by atoms with E-state index in [1.54, 1.807) is 64.3 Å². The first-order valence-corrected chi connectivity index (χ1v) is 14.3. The summed E-state index contributed by atoms with van der Waals surface area (Å²) in [6, 6.07) is 20.3. The second kappa shape index (κ2) is 14.1. The van der Waals surface area contributed by atoms with Crippen LogP contribution < -0.4 is 15.4 Å². The molecule has 2 unspecified atom stereocenters. The van der Waals surface area contributed by atoms with Gasteiger partial charge in [0.05, 0.1) is 7.11 Å². The van der Waals surface area contributed by atoms with Gasteiger partial charge in [0, 0.05) is 17.6 Å². The predicted octanol–water partition coefficient (Wildman–Crippen LogP) is 6.23. The Balaban J connectivity index is 2.11. The Bertz CT molecular complexity index is 1370. The number of alkyl carbamates (subject to hydrolysis) is 1. The van der Waals surface area contributed by atoms with Gasteiger partial charge in [-0.3, -0.25) is 9.59 Å². The Morgan fingerprint density at radius 1 is 0.884 bits per heavy atom. The first-order chi connectivity index (χ1) is 20.2. The Kier molecular flexibility index (Phi) is 10.8. The molecule has 0 saturated heterocycles. The maximum Gasteiger partial charge on any atom is 0.408 e. The topological polar surface area (TPSA) is 117 Å². The van der Waals surface area contributed by atoms with Crippen molar-refractivity contribution < 1.29 is 29.0 Å². The van der Waals surface area contributed by atoms with Gasteiger partial charge in [0.2, 0.25) is 5.91 Å². The lowest BCUT2D eigenvalue weighted by Crippen LogP contribution is -2.59. The van der Waals surface area contributed by atoms with Crippen LogP contribution in [-0.4, -0.2) is 52.2 Å². The standard InChI is InChI=1S/C34H43N3O6/c1-8-34(5,6)37(31(40)28(22-23-12-10-9-11-13-23)36-32(41)43-33(2,3)4)29(24-14-18-26(38)19-15-24)30(39)35-25-16-20-27(42-7)21-17-25/h9-21,28-29,38H,8,22H2,1-7H3,(H,35,39)(H,36,41). The molecule has 0 aliphatic rings. The molecule has 3 aromatic carbocycles. The molecule has 0 aliphatic carbocycles. The van der Waals surface area contributed by atoms with Crippen molar-refractivity contribution in [2.45, 2.75) is 77.6 Å².